The summed E-state index contributed by atoms with van der Waals surface area (Å²) in [5, 5.41) is 45.6. The minimum atomic E-state index is -1.96. The number of rotatable bonds is 18. The van der Waals surface area contributed by atoms with Crippen molar-refractivity contribution in [1.82, 2.24) is 36.8 Å². The highest BCUT2D eigenvalue weighted by molar-refractivity contribution is 5.97. The van der Waals surface area contributed by atoms with Crippen LogP contribution in [0.2, 0.25) is 0 Å². The van der Waals surface area contributed by atoms with Gasteiger partial charge in [-0.1, -0.05) is 74.9 Å². The van der Waals surface area contributed by atoms with Crippen molar-refractivity contribution < 1.29 is 63.2 Å². The van der Waals surface area contributed by atoms with Crippen LogP contribution in [-0.4, -0.2) is 168 Å². The first-order valence-corrected chi connectivity index (χ1v) is 24.5. The Bertz CT molecular complexity index is 2250. The number of likely N-dealkylation sites (N-methyl/N-ethyl adjacent to an activating group) is 1. The summed E-state index contributed by atoms with van der Waals surface area (Å²) in [7, 11) is 2.76. The number of carbonyl (C=O) groups excluding carboxylic acids is 7. The SMILES string of the molecule is COC(Cc1ccccc1)C(C)C=C(C)C=CC1NC(=O)C(CCCN=C(N)N)NC(=O)C(C)C(C(=O)O)NC(=O)C(CCCN=C(N)N)NC(=O)C(C)NC(=O)C(CO)N(C)C(=O)CCC(C(=O)O)NC(=O)C1C. The number of aliphatic hydroxyl groups excluding tert-OH is 1. The number of hydrogen-bond acceptors (Lipinski definition) is 13. The Hall–Kier alpha value is -7.61. The van der Waals surface area contributed by atoms with Gasteiger partial charge in [-0.2, -0.15) is 0 Å². The van der Waals surface area contributed by atoms with Gasteiger partial charge in [-0.25, -0.2) is 9.59 Å². The molecule has 416 valence electrons. The molecule has 0 bridgehead atoms. The summed E-state index contributed by atoms with van der Waals surface area (Å²) in [6.45, 7) is 6.59. The van der Waals surface area contributed by atoms with E-state index in [4.69, 9.17) is 27.7 Å². The normalized spacial score (nSPS) is 25.4. The van der Waals surface area contributed by atoms with Crippen LogP contribution >= 0.6 is 0 Å². The predicted molar refractivity (Wildman–Crippen MR) is 277 cm³/mol. The average molecular weight is 1060 g/mol. The molecule has 0 aliphatic carbocycles. The van der Waals surface area contributed by atoms with Gasteiger partial charge in [-0.3, -0.25) is 43.5 Å². The van der Waals surface area contributed by atoms with Crippen LogP contribution in [0.5, 0.6) is 0 Å². The summed E-state index contributed by atoms with van der Waals surface area (Å²) in [4.78, 5) is 131. The molecule has 0 aromatic heterocycles. The minimum Gasteiger partial charge on any atom is -0.480 e. The van der Waals surface area contributed by atoms with Crippen LogP contribution in [0.3, 0.4) is 0 Å². The van der Waals surface area contributed by atoms with Crippen molar-refractivity contribution in [2.24, 2.45) is 50.7 Å². The Kier molecular flexibility index (Phi) is 27.0. The number of guanidine groups is 2. The second-order valence-corrected chi connectivity index (χ2v) is 18.4. The fourth-order valence-corrected chi connectivity index (χ4v) is 7.82. The number of aliphatic carboxylic acids is 2. The van der Waals surface area contributed by atoms with E-state index >= 15 is 0 Å². The summed E-state index contributed by atoms with van der Waals surface area (Å²) >= 11 is 0. The van der Waals surface area contributed by atoms with Crippen molar-refractivity contribution in [3.05, 3.63) is 59.7 Å². The first kappa shape index (κ1) is 63.5. The van der Waals surface area contributed by atoms with Crippen LogP contribution in [0.15, 0.2) is 64.1 Å². The Morgan fingerprint density at radius 1 is 0.760 bits per heavy atom. The largest absolute Gasteiger partial charge is 0.480 e. The smallest absolute Gasteiger partial charge is 0.327 e. The van der Waals surface area contributed by atoms with E-state index in [-0.39, 0.29) is 62.7 Å². The van der Waals surface area contributed by atoms with Crippen molar-refractivity contribution in [3.63, 3.8) is 0 Å². The fourth-order valence-electron chi connectivity index (χ4n) is 7.82. The second-order valence-electron chi connectivity index (χ2n) is 18.4. The number of carboxylic acids is 2. The maximum absolute atomic E-state index is 14.4. The molecule has 11 unspecified atom stereocenters. The van der Waals surface area contributed by atoms with E-state index in [1.165, 1.54) is 26.8 Å². The molecule has 1 aromatic carbocycles. The summed E-state index contributed by atoms with van der Waals surface area (Å²) in [6.07, 6.45) is 4.22. The number of benzene rings is 1. The number of ether oxygens (including phenoxy) is 1. The lowest BCUT2D eigenvalue weighted by Crippen LogP contribution is -2.59. The van der Waals surface area contributed by atoms with Crippen LogP contribution in [0.25, 0.3) is 0 Å². The molecule has 17 N–H and O–H groups in total. The number of amides is 7. The fraction of sp³-hybridized carbons (Fsp3) is 0.571. The van der Waals surface area contributed by atoms with Gasteiger partial charge in [0, 0.05) is 39.6 Å². The molecule has 7 amide bonds. The number of aliphatic imine (C=N–C) groups is 2. The summed E-state index contributed by atoms with van der Waals surface area (Å²) < 4.78 is 5.81. The minimum absolute atomic E-state index is 0.00345. The van der Waals surface area contributed by atoms with Crippen LogP contribution in [-0.2, 0) is 54.3 Å². The number of aliphatic hydroxyl groups is 1. The van der Waals surface area contributed by atoms with Gasteiger partial charge in [0.15, 0.2) is 11.9 Å². The molecule has 1 fully saturated rings. The van der Waals surface area contributed by atoms with E-state index < -0.39 is 127 Å². The standard InChI is InChI=1S/C49H77N13O13/c1-26(23-27(2)37(75-7)24-31-13-9-8-10-14-31)17-18-32-28(3)40(65)60-35(46(71)72)19-20-38(64)62(6)36(25-63)45(70)56-30(5)42(67)59-34(16-12-22-55-49(52)53)44(69)61-39(47(73)74)29(4)41(66)58-33(43(68)57-32)15-11-21-54-48(50)51/h8-10,13-14,17-18,23,27-30,32-37,39,63H,11-12,15-16,19-22,24-25H2,1-7H3,(H,56,70)(H,57,68)(H,58,66)(H,59,67)(H,60,65)(H,61,69)(H,71,72)(H,73,74)(H4,50,51,54)(H4,52,53,55). The third-order valence-electron chi connectivity index (χ3n) is 12.5. The maximum Gasteiger partial charge on any atom is 0.327 e. The van der Waals surface area contributed by atoms with Gasteiger partial charge in [-0.15, -0.1) is 0 Å². The van der Waals surface area contributed by atoms with Crippen molar-refractivity contribution >= 4 is 65.2 Å². The van der Waals surface area contributed by atoms with E-state index in [2.05, 4.69) is 41.9 Å². The molecule has 0 spiro atoms. The summed E-state index contributed by atoms with van der Waals surface area (Å²) in [5.41, 5.74) is 23.6. The number of hydrogen-bond donors (Lipinski definition) is 13. The third kappa shape index (κ3) is 21.8. The number of carbonyl (C=O) groups is 9. The molecule has 1 saturated heterocycles. The highest BCUT2D eigenvalue weighted by Gasteiger charge is 2.38. The van der Waals surface area contributed by atoms with Crippen molar-refractivity contribution in [3.8, 4) is 0 Å². The Balaban J connectivity index is 2.76. The van der Waals surface area contributed by atoms with Gasteiger partial charge in [0.05, 0.1) is 30.6 Å². The Labute approximate surface area is 436 Å². The molecular formula is C49H77N13O13. The summed E-state index contributed by atoms with van der Waals surface area (Å²) in [6, 6.07) is -1.14. The predicted octanol–water partition coefficient (Wildman–Crippen LogP) is -2.53. The molecule has 75 heavy (non-hydrogen) atoms. The quantitative estimate of drug-likeness (QED) is 0.0312. The molecule has 1 heterocycles. The van der Waals surface area contributed by atoms with Gasteiger partial charge in [0.1, 0.15) is 36.3 Å². The number of nitrogens with zero attached hydrogens (tertiary/aromatic N) is 3. The first-order chi connectivity index (χ1) is 35.3. The van der Waals surface area contributed by atoms with Crippen molar-refractivity contribution in [2.45, 2.75) is 128 Å². The van der Waals surface area contributed by atoms with Gasteiger partial charge >= 0.3 is 11.9 Å². The van der Waals surface area contributed by atoms with E-state index in [0.29, 0.717) is 12.0 Å². The average Bonchev–Trinajstić information content (AvgIpc) is 3.35. The maximum atomic E-state index is 14.4. The molecule has 26 heteroatoms. The molecule has 0 radical (unpaired) electrons. The lowest BCUT2D eigenvalue weighted by Gasteiger charge is -2.28. The molecule has 1 aliphatic heterocycles. The van der Waals surface area contributed by atoms with Gasteiger partial charge < -0.3 is 79.8 Å². The zero-order valence-electron chi connectivity index (χ0n) is 43.6. The van der Waals surface area contributed by atoms with Gasteiger partial charge in [0.2, 0.25) is 41.4 Å². The Morgan fingerprint density at radius 2 is 1.31 bits per heavy atom. The number of methoxy groups -OCH3 is 1. The molecule has 2 rings (SSSR count). The topological polar surface area (TPSA) is 428 Å². The second kappa shape index (κ2) is 31.9. The third-order valence-corrected chi connectivity index (χ3v) is 12.5. The number of nitrogens with two attached hydrogens (primary N) is 4. The molecule has 26 nitrogen and oxygen atoms in total. The highest BCUT2D eigenvalue weighted by atomic mass is 16.5. The monoisotopic (exact) mass is 1060 g/mol. The summed E-state index contributed by atoms with van der Waals surface area (Å²) in [5.74, 6) is -13.3. The van der Waals surface area contributed by atoms with Crippen LogP contribution in [0.1, 0.15) is 78.7 Å². The van der Waals surface area contributed by atoms with E-state index in [1.54, 1.807) is 20.1 Å². The zero-order chi connectivity index (χ0) is 56.5. The van der Waals surface area contributed by atoms with Crippen molar-refractivity contribution in [2.75, 3.05) is 33.9 Å². The highest BCUT2D eigenvalue weighted by Crippen LogP contribution is 2.19. The first-order valence-electron chi connectivity index (χ1n) is 24.5. The molecule has 1 aliphatic rings. The van der Waals surface area contributed by atoms with Crippen LogP contribution < -0.4 is 54.8 Å². The van der Waals surface area contributed by atoms with E-state index in [0.717, 1.165) is 17.5 Å². The van der Waals surface area contributed by atoms with E-state index in [1.807, 2.05) is 43.3 Å². The lowest BCUT2D eigenvalue weighted by molar-refractivity contribution is -0.146. The van der Waals surface area contributed by atoms with Crippen LogP contribution in [0, 0.1) is 17.8 Å². The molecular weight excluding hydrogens is 979 g/mol. The van der Waals surface area contributed by atoms with E-state index in [9.17, 15) is 58.5 Å². The number of allylic oxidation sites excluding steroid dienone is 2. The zero-order valence-corrected chi connectivity index (χ0v) is 43.6. The molecule has 1 aromatic rings. The number of nitrogens with one attached hydrogen (secondary N) is 6. The van der Waals surface area contributed by atoms with Gasteiger partial charge in [-0.05, 0) is 57.9 Å². The Morgan fingerprint density at radius 3 is 1.83 bits per heavy atom. The van der Waals surface area contributed by atoms with Crippen LogP contribution in [0.4, 0.5) is 0 Å². The van der Waals surface area contributed by atoms with Crippen molar-refractivity contribution in [1.29, 1.82) is 0 Å². The lowest BCUT2D eigenvalue weighted by atomic mass is 9.94. The molecule has 0 saturated carbocycles. The number of carboxylic acid groups (broad SMARTS) is 2. The molecule has 11 atom stereocenters. The van der Waals surface area contributed by atoms with Gasteiger partial charge in [0.25, 0.3) is 0 Å².